The fourth-order valence-corrected chi connectivity index (χ4v) is 7.41. The van der Waals surface area contributed by atoms with Gasteiger partial charge in [-0.15, -0.1) is 11.3 Å². The number of Topliss-reactive ketones (excluding diaryl/α,β-unsaturated/α-hetero) is 1. The summed E-state index contributed by atoms with van der Waals surface area (Å²) in [5, 5.41) is 4.03. The molecule has 5 atom stereocenters. The van der Waals surface area contributed by atoms with Crippen molar-refractivity contribution in [3.05, 3.63) is 45.2 Å². The standard InChI is InChI=1S/C32H42F5N5O5S/c1-9-16(4)32(30(38)46,29(45)31(6)11-10-12-41(31)7)42(8)20(15(2)3)13-18(39-17(5)43)27-40-19(14-48-27)28(44)47-26-24(36)22(34)21(33)23(35)25(26)37/h14-16,18,20H,9-13H2,1-8H3,(H2,38,46)(H,39,43)/t16-,18+,20+,31+,32+/m0/s1. The number of aromatic nitrogens is 1. The van der Waals surface area contributed by atoms with Gasteiger partial charge in [0.15, 0.2) is 17.0 Å². The average molecular weight is 704 g/mol. The number of halogens is 5. The quantitative estimate of drug-likeness (QED) is 0.0709. The third-order valence-electron chi connectivity index (χ3n) is 9.61. The Morgan fingerprint density at radius 1 is 1.10 bits per heavy atom. The van der Waals surface area contributed by atoms with Crippen molar-refractivity contribution < 1.29 is 45.9 Å². The minimum Gasteiger partial charge on any atom is -0.415 e. The van der Waals surface area contributed by atoms with Crippen molar-refractivity contribution in [3.63, 3.8) is 0 Å². The van der Waals surface area contributed by atoms with Crippen LogP contribution in [0, 0.1) is 40.9 Å². The number of carbonyl (C=O) groups is 4. The van der Waals surface area contributed by atoms with Gasteiger partial charge in [-0.3, -0.25) is 24.2 Å². The number of hydrogen-bond acceptors (Lipinski definition) is 9. The largest absolute Gasteiger partial charge is 0.415 e. The molecule has 1 aliphatic rings. The topological polar surface area (TPSA) is 135 Å². The van der Waals surface area contributed by atoms with Crippen molar-refractivity contribution in [1.29, 1.82) is 0 Å². The molecule has 0 saturated carbocycles. The summed E-state index contributed by atoms with van der Waals surface area (Å²) in [6.07, 6.45) is 1.80. The number of likely N-dealkylation sites (N-methyl/N-ethyl adjacent to an activating group) is 2. The Hall–Kier alpha value is -3.50. The second kappa shape index (κ2) is 14.9. The molecule has 2 heterocycles. The van der Waals surface area contributed by atoms with Crippen LogP contribution in [0.25, 0.3) is 0 Å². The molecule has 1 saturated heterocycles. The summed E-state index contributed by atoms with van der Waals surface area (Å²) >= 11 is 0.866. The van der Waals surface area contributed by atoms with Crippen molar-refractivity contribution in [2.75, 3.05) is 20.6 Å². The Bertz CT molecular complexity index is 1540. The summed E-state index contributed by atoms with van der Waals surface area (Å²) < 4.78 is 73.6. The molecule has 0 bridgehead atoms. The number of hydrogen-bond donors (Lipinski definition) is 2. The molecule has 0 aliphatic carbocycles. The predicted octanol–water partition coefficient (Wildman–Crippen LogP) is 4.91. The molecule has 0 spiro atoms. The first-order valence-corrected chi connectivity index (χ1v) is 16.4. The first-order chi connectivity index (χ1) is 22.3. The van der Waals surface area contributed by atoms with Crippen molar-refractivity contribution in [2.45, 2.75) is 90.4 Å². The highest BCUT2D eigenvalue weighted by Gasteiger charge is 2.60. The van der Waals surface area contributed by atoms with Crippen LogP contribution in [-0.2, 0) is 14.4 Å². The number of thiazole rings is 1. The van der Waals surface area contributed by atoms with Gasteiger partial charge in [-0.2, -0.15) is 8.78 Å². The van der Waals surface area contributed by atoms with E-state index >= 15 is 0 Å². The first kappa shape index (κ1) is 38.9. The molecule has 0 unspecified atom stereocenters. The van der Waals surface area contributed by atoms with Gasteiger partial charge in [0, 0.05) is 18.3 Å². The third kappa shape index (κ3) is 6.97. The maximum Gasteiger partial charge on any atom is 0.363 e. The lowest BCUT2D eigenvalue weighted by Crippen LogP contribution is -2.73. The number of nitrogens with two attached hydrogens (primary N) is 1. The highest BCUT2D eigenvalue weighted by atomic mass is 32.1. The van der Waals surface area contributed by atoms with Gasteiger partial charge < -0.3 is 15.8 Å². The Morgan fingerprint density at radius 2 is 1.67 bits per heavy atom. The predicted molar refractivity (Wildman–Crippen MR) is 168 cm³/mol. The van der Waals surface area contributed by atoms with Crippen molar-refractivity contribution in [2.24, 2.45) is 17.6 Å². The van der Waals surface area contributed by atoms with E-state index in [4.69, 9.17) is 5.73 Å². The molecule has 1 aromatic heterocycles. The average Bonchev–Trinajstić information content (AvgIpc) is 3.66. The maximum atomic E-state index is 14.6. The van der Waals surface area contributed by atoms with Gasteiger partial charge in [0.25, 0.3) is 0 Å². The number of amides is 2. The van der Waals surface area contributed by atoms with Crippen LogP contribution in [-0.4, -0.2) is 76.1 Å². The van der Waals surface area contributed by atoms with E-state index in [9.17, 15) is 41.1 Å². The summed E-state index contributed by atoms with van der Waals surface area (Å²) in [4.78, 5) is 61.1. The molecule has 3 N–H and O–H groups in total. The lowest BCUT2D eigenvalue weighted by Gasteiger charge is -2.51. The van der Waals surface area contributed by atoms with Gasteiger partial charge in [-0.1, -0.05) is 34.1 Å². The Morgan fingerprint density at radius 3 is 2.12 bits per heavy atom. The molecule has 1 fully saturated rings. The van der Waals surface area contributed by atoms with E-state index in [1.54, 1.807) is 18.9 Å². The molecule has 2 amide bonds. The highest BCUT2D eigenvalue weighted by Crippen LogP contribution is 2.41. The molecular weight excluding hydrogens is 661 g/mol. The van der Waals surface area contributed by atoms with Gasteiger partial charge in [0.05, 0.1) is 11.6 Å². The Kier molecular flexibility index (Phi) is 12.1. The van der Waals surface area contributed by atoms with Gasteiger partial charge in [0.2, 0.25) is 46.6 Å². The van der Waals surface area contributed by atoms with Crippen molar-refractivity contribution >= 4 is 34.9 Å². The minimum absolute atomic E-state index is 0.0681. The van der Waals surface area contributed by atoms with E-state index in [0.717, 1.165) is 23.1 Å². The lowest BCUT2D eigenvalue weighted by molar-refractivity contribution is -0.156. The number of ketones is 1. The summed E-state index contributed by atoms with van der Waals surface area (Å²) in [5.41, 5.74) is 2.92. The van der Waals surface area contributed by atoms with Crippen LogP contribution in [0.1, 0.15) is 88.8 Å². The Labute approximate surface area is 280 Å². The molecular formula is C32H42F5N5O5S. The van der Waals surface area contributed by atoms with Gasteiger partial charge in [0.1, 0.15) is 5.01 Å². The number of ether oxygens (including phenoxy) is 1. The smallest absolute Gasteiger partial charge is 0.363 e. The van der Waals surface area contributed by atoms with E-state index in [1.165, 1.54) is 6.92 Å². The molecule has 48 heavy (non-hydrogen) atoms. The lowest BCUT2D eigenvalue weighted by atomic mass is 9.69. The fraction of sp³-hybridized carbons (Fsp3) is 0.594. The van der Waals surface area contributed by atoms with E-state index in [0.29, 0.717) is 19.4 Å². The molecule has 16 heteroatoms. The number of likely N-dealkylation sites (tertiary alicyclic amines) is 1. The normalized spacial score (nSPS) is 20.0. The molecule has 2 aromatic rings. The number of carbonyl (C=O) groups excluding carboxylic acids is 4. The van der Waals surface area contributed by atoms with E-state index < -0.39 is 87.4 Å². The Balaban J connectivity index is 2.04. The van der Waals surface area contributed by atoms with Crippen LogP contribution in [0.5, 0.6) is 5.75 Å². The second-order valence-electron chi connectivity index (χ2n) is 12.8. The highest BCUT2D eigenvalue weighted by molar-refractivity contribution is 7.09. The summed E-state index contributed by atoms with van der Waals surface area (Å²) in [6.45, 7) is 11.1. The van der Waals surface area contributed by atoms with E-state index in [2.05, 4.69) is 15.0 Å². The van der Waals surface area contributed by atoms with Crippen LogP contribution in [0.3, 0.4) is 0 Å². The summed E-state index contributed by atoms with van der Waals surface area (Å²) in [6, 6.07) is -1.50. The number of nitrogens with one attached hydrogen (secondary N) is 1. The molecule has 10 nitrogen and oxygen atoms in total. The molecule has 1 aromatic carbocycles. The summed E-state index contributed by atoms with van der Waals surface area (Å²) in [5.74, 6) is -17.3. The first-order valence-electron chi connectivity index (χ1n) is 15.5. The maximum absolute atomic E-state index is 14.6. The third-order valence-corrected chi connectivity index (χ3v) is 10.6. The monoisotopic (exact) mass is 703 g/mol. The van der Waals surface area contributed by atoms with Gasteiger partial charge in [-0.05, 0) is 58.7 Å². The van der Waals surface area contributed by atoms with E-state index in [-0.39, 0.29) is 23.1 Å². The van der Waals surface area contributed by atoms with Crippen molar-refractivity contribution in [1.82, 2.24) is 20.1 Å². The fourth-order valence-electron chi connectivity index (χ4n) is 6.56. The molecule has 1 aliphatic heterocycles. The molecule has 3 rings (SSSR count). The van der Waals surface area contributed by atoms with Crippen LogP contribution in [0.15, 0.2) is 5.38 Å². The van der Waals surface area contributed by atoms with Crippen LogP contribution in [0.4, 0.5) is 22.0 Å². The number of nitrogens with zero attached hydrogens (tertiary/aromatic N) is 3. The minimum atomic E-state index is -2.41. The number of benzene rings is 1. The van der Waals surface area contributed by atoms with E-state index in [1.807, 2.05) is 39.6 Å². The van der Waals surface area contributed by atoms with Gasteiger partial charge in [-0.25, -0.2) is 22.9 Å². The zero-order chi connectivity index (χ0) is 36.5. The zero-order valence-electron chi connectivity index (χ0n) is 28.2. The zero-order valence-corrected chi connectivity index (χ0v) is 29.0. The van der Waals surface area contributed by atoms with Crippen LogP contribution in [0.2, 0.25) is 0 Å². The van der Waals surface area contributed by atoms with Crippen LogP contribution < -0.4 is 15.8 Å². The van der Waals surface area contributed by atoms with Crippen LogP contribution >= 0.6 is 11.3 Å². The van der Waals surface area contributed by atoms with Crippen molar-refractivity contribution in [3.8, 4) is 5.75 Å². The van der Waals surface area contributed by atoms with Gasteiger partial charge >= 0.3 is 5.97 Å². The summed E-state index contributed by atoms with van der Waals surface area (Å²) in [7, 11) is 3.48. The molecule has 266 valence electrons. The number of primary amides is 1. The second-order valence-corrected chi connectivity index (χ2v) is 13.7. The SMILES string of the molecule is CC[C@H](C)[C@](C(N)=O)(C(=O)[C@@]1(C)CCCN1C)N(C)[C@H](C[C@@H](NC(C)=O)c1nc(C(=O)Oc2c(F)c(F)c(F)c(F)c2F)cs1)C(C)C. The molecule has 0 radical (unpaired) electrons. The number of rotatable bonds is 14. The number of esters is 1.